The number of aromatic amines is 1. The van der Waals surface area contributed by atoms with E-state index >= 15 is 0 Å². The van der Waals surface area contributed by atoms with E-state index in [-0.39, 0.29) is 11.8 Å². The van der Waals surface area contributed by atoms with Crippen molar-refractivity contribution in [3.63, 3.8) is 0 Å². The molecule has 0 amide bonds. The smallest absolute Gasteiger partial charge is 0.295 e. The average Bonchev–Trinajstić information content (AvgIpc) is 3.15. The highest BCUT2D eigenvalue weighted by Gasteiger charge is 2.14. The van der Waals surface area contributed by atoms with Crippen LogP contribution in [0.1, 0.15) is 0 Å². The lowest BCUT2D eigenvalue weighted by Crippen LogP contribution is -1.86. The van der Waals surface area contributed by atoms with Crippen molar-refractivity contribution < 1.29 is 4.52 Å². The fraction of sp³-hybridized carbons (Fsp3) is 0. The molecule has 0 aliphatic carbocycles. The van der Waals surface area contributed by atoms with Crippen LogP contribution in [0.4, 0.5) is 5.95 Å². The summed E-state index contributed by atoms with van der Waals surface area (Å²) < 4.78 is 5.16. The SMILES string of the molecule is Nc1n[nH]c(-c2nc(-c3ccc4ncccc4c3)no2)n1. The summed E-state index contributed by atoms with van der Waals surface area (Å²) >= 11 is 0. The number of hydrogen-bond donors (Lipinski definition) is 2. The van der Waals surface area contributed by atoms with E-state index < -0.39 is 0 Å². The highest BCUT2D eigenvalue weighted by atomic mass is 16.5. The Hall–Kier alpha value is -3.29. The number of nitrogens with one attached hydrogen (secondary N) is 1. The third-order valence-electron chi connectivity index (χ3n) is 2.99. The maximum absolute atomic E-state index is 5.45. The van der Waals surface area contributed by atoms with Gasteiger partial charge in [0.2, 0.25) is 17.6 Å². The van der Waals surface area contributed by atoms with Gasteiger partial charge in [0.05, 0.1) is 5.52 Å². The van der Waals surface area contributed by atoms with Gasteiger partial charge in [0.15, 0.2) is 0 Å². The summed E-state index contributed by atoms with van der Waals surface area (Å²) in [5, 5.41) is 11.3. The lowest BCUT2D eigenvalue weighted by Gasteiger charge is -1.98. The van der Waals surface area contributed by atoms with Crippen molar-refractivity contribution in [1.82, 2.24) is 30.3 Å². The normalized spacial score (nSPS) is 11.0. The molecule has 0 aliphatic rings. The third kappa shape index (κ3) is 1.98. The van der Waals surface area contributed by atoms with E-state index in [1.165, 1.54) is 0 Å². The van der Waals surface area contributed by atoms with Gasteiger partial charge in [0.25, 0.3) is 5.89 Å². The van der Waals surface area contributed by atoms with E-state index in [9.17, 15) is 0 Å². The molecule has 4 rings (SSSR count). The Balaban J connectivity index is 1.77. The molecule has 8 nitrogen and oxygen atoms in total. The van der Waals surface area contributed by atoms with Gasteiger partial charge in [-0.3, -0.25) is 10.1 Å². The third-order valence-corrected chi connectivity index (χ3v) is 2.99. The van der Waals surface area contributed by atoms with Crippen molar-refractivity contribution in [3.8, 4) is 23.1 Å². The molecule has 4 aromatic rings. The van der Waals surface area contributed by atoms with Crippen LogP contribution in [0, 0.1) is 0 Å². The molecule has 0 radical (unpaired) electrons. The first-order chi connectivity index (χ1) is 10.3. The van der Waals surface area contributed by atoms with Crippen molar-refractivity contribution >= 4 is 16.9 Å². The quantitative estimate of drug-likeness (QED) is 0.572. The number of aromatic nitrogens is 6. The molecule has 0 atom stereocenters. The van der Waals surface area contributed by atoms with E-state index in [2.05, 4.69) is 30.3 Å². The summed E-state index contributed by atoms with van der Waals surface area (Å²) in [4.78, 5) is 12.5. The lowest BCUT2D eigenvalue weighted by molar-refractivity contribution is 0.429. The number of nitrogens with zero attached hydrogens (tertiary/aromatic N) is 5. The number of rotatable bonds is 2. The first kappa shape index (κ1) is 11.5. The Labute approximate surface area is 118 Å². The molecule has 3 aromatic heterocycles. The predicted molar refractivity (Wildman–Crippen MR) is 74.8 cm³/mol. The van der Waals surface area contributed by atoms with Crippen molar-refractivity contribution in [2.75, 3.05) is 5.73 Å². The molecule has 0 unspecified atom stereocenters. The minimum Gasteiger partial charge on any atom is -0.366 e. The monoisotopic (exact) mass is 279 g/mol. The van der Waals surface area contributed by atoms with Gasteiger partial charge >= 0.3 is 0 Å². The Morgan fingerprint density at radius 3 is 2.95 bits per heavy atom. The summed E-state index contributed by atoms with van der Waals surface area (Å²) in [6.45, 7) is 0. The van der Waals surface area contributed by atoms with Gasteiger partial charge in [-0.25, -0.2) is 0 Å². The highest BCUT2D eigenvalue weighted by Crippen LogP contribution is 2.23. The minimum absolute atomic E-state index is 0.126. The molecule has 21 heavy (non-hydrogen) atoms. The number of nitrogens with two attached hydrogens (primary N) is 1. The molecule has 0 aliphatic heterocycles. The second kappa shape index (κ2) is 4.37. The Morgan fingerprint density at radius 2 is 2.10 bits per heavy atom. The van der Waals surface area contributed by atoms with Crippen molar-refractivity contribution in [2.45, 2.75) is 0 Å². The summed E-state index contributed by atoms with van der Waals surface area (Å²) in [6, 6.07) is 9.60. The second-order valence-electron chi connectivity index (χ2n) is 4.38. The van der Waals surface area contributed by atoms with Gasteiger partial charge < -0.3 is 10.3 Å². The molecule has 0 bridgehead atoms. The summed E-state index contributed by atoms with van der Waals surface area (Å²) in [5.41, 5.74) is 7.19. The van der Waals surface area contributed by atoms with Crippen molar-refractivity contribution in [1.29, 1.82) is 0 Å². The Kier molecular flexibility index (Phi) is 2.40. The highest BCUT2D eigenvalue weighted by molar-refractivity contribution is 5.83. The standard InChI is InChI=1S/C13H9N7O/c14-13-17-11(18-19-13)12-16-10(20-21-12)8-3-4-9-7(6-8)2-1-5-15-9/h1-6H,(H3,14,17,18,19). The molecule has 0 fully saturated rings. The van der Waals surface area contributed by atoms with Crippen molar-refractivity contribution in [2.24, 2.45) is 0 Å². The second-order valence-corrected chi connectivity index (χ2v) is 4.38. The van der Waals surface area contributed by atoms with Crippen LogP contribution >= 0.6 is 0 Å². The molecule has 0 saturated carbocycles. The number of anilines is 1. The fourth-order valence-corrected chi connectivity index (χ4v) is 2.02. The topological polar surface area (TPSA) is 119 Å². The first-order valence-electron chi connectivity index (χ1n) is 6.17. The molecule has 0 saturated heterocycles. The maximum Gasteiger partial charge on any atom is 0.295 e. The van der Waals surface area contributed by atoms with Gasteiger partial charge in [0.1, 0.15) is 0 Å². The van der Waals surface area contributed by atoms with Crippen LogP contribution in [-0.4, -0.2) is 30.3 Å². The molecular weight excluding hydrogens is 270 g/mol. The number of benzene rings is 1. The fourth-order valence-electron chi connectivity index (χ4n) is 2.02. The molecule has 1 aromatic carbocycles. The van der Waals surface area contributed by atoms with E-state index in [1.807, 2.05) is 30.3 Å². The number of nitrogen functional groups attached to an aromatic ring is 1. The van der Waals surface area contributed by atoms with E-state index in [4.69, 9.17) is 10.3 Å². The number of H-pyrrole nitrogens is 1. The summed E-state index contributed by atoms with van der Waals surface area (Å²) in [7, 11) is 0. The van der Waals surface area contributed by atoms with E-state index in [1.54, 1.807) is 6.20 Å². The molecule has 3 heterocycles. The average molecular weight is 279 g/mol. The van der Waals surface area contributed by atoms with Crippen LogP contribution in [0.15, 0.2) is 41.1 Å². The Bertz CT molecular complexity index is 927. The largest absolute Gasteiger partial charge is 0.366 e. The molecule has 102 valence electrons. The van der Waals surface area contributed by atoms with E-state index in [0.717, 1.165) is 16.5 Å². The predicted octanol–water partition coefficient (Wildman–Crippen LogP) is 1.65. The minimum atomic E-state index is 0.126. The zero-order valence-electron chi connectivity index (χ0n) is 10.7. The Morgan fingerprint density at radius 1 is 1.14 bits per heavy atom. The van der Waals surface area contributed by atoms with Crippen LogP contribution in [0.5, 0.6) is 0 Å². The summed E-state index contributed by atoms with van der Waals surface area (Å²) in [6.07, 6.45) is 1.75. The van der Waals surface area contributed by atoms with Crippen LogP contribution in [0.2, 0.25) is 0 Å². The molecule has 8 heteroatoms. The molecular formula is C13H9N7O. The van der Waals surface area contributed by atoms with Crippen LogP contribution < -0.4 is 5.73 Å². The number of fused-ring (bicyclic) bond motifs is 1. The van der Waals surface area contributed by atoms with Gasteiger partial charge in [-0.1, -0.05) is 11.2 Å². The van der Waals surface area contributed by atoms with Crippen LogP contribution in [0.3, 0.4) is 0 Å². The maximum atomic E-state index is 5.45. The van der Waals surface area contributed by atoms with Crippen LogP contribution in [0.25, 0.3) is 34.0 Å². The van der Waals surface area contributed by atoms with Gasteiger partial charge in [-0.2, -0.15) is 9.97 Å². The van der Waals surface area contributed by atoms with Gasteiger partial charge in [0, 0.05) is 17.1 Å². The zero-order valence-corrected chi connectivity index (χ0v) is 10.7. The van der Waals surface area contributed by atoms with Crippen LogP contribution in [-0.2, 0) is 0 Å². The molecule has 0 spiro atoms. The van der Waals surface area contributed by atoms with E-state index in [0.29, 0.717) is 11.6 Å². The molecule has 3 N–H and O–H groups in total. The zero-order chi connectivity index (χ0) is 14.2. The number of hydrogen-bond acceptors (Lipinski definition) is 7. The summed E-state index contributed by atoms with van der Waals surface area (Å²) in [5.74, 6) is 1.17. The lowest BCUT2D eigenvalue weighted by atomic mass is 10.1. The number of pyridine rings is 1. The first-order valence-corrected chi connectivity index (χ1v) is 6.17. The van der Waals surface area contributed by atoms with Crippen molar-refractivity contribution in [3.05, 3.63) is 36.5 Å². The van der Waals surface area contributed by atoms with Gasteiger partial charge in [-0.05, 0) is 24.3 Å². The van der Waals surface area contributed by atoms with Gasteiger partial charge in [-0.15, -0.1) is 5.10 Å².